The molecule has 1 amide bonds. The standard InChI is InChI=1S/C32H28Cl2N4O5S/c1-43-32-21(18-39)7-9-26(37-32)25-4-2-3-23(29(25)33)24-11-12-35-31(30(24)34)19-5-6-20-16-38(17-22-8-10-28(40)36-22)13-14-44(41,42)27(20)15-19/h2-7,9,11-12,15,18,22H,8,10,13-14,16-17H2,1H3,(H,36,40)/t22-/m0/s1. The van der Waals surface area contributed by atoms with Crippen molar-refractivity contribution >= 4 is 45.2 Å². The summed E-state index contributed by atoms with van der Waals surface area (Å²) in [6.07, 6.45) is 3.53. The molecule has 12 heteroatoms. The highest BCUT2D eigenvalue weighted by molar-refractivity contribution is 7.91. The maximum absolute atomic E-state index is 13.4. The SMILES string of the molecule is COc1nc(-c2cccc(-c3ccnc(-c4ccc5c(c4)S(=O)(=O)CCN(C[C@@H]4CCC(=O)N4)C5)c3Cl)c2Cl)ccc1C=O. The van der Waals surface area contributed by atoms with Gasteiger partial charge < -0.3 is 10.1 Å². The van der Waals surface area contributed by atoms with E-state index in [0.717, 1.165) is 6.42 Å². The van der Waals surface area contributed by atoms with Crippen LogP contribution in [0.1, 0.15) is 28.8 Å². The second-order valence-corrected chi connectivity index (χ2v) is 13.6. The number of carbonyl (C=O) groups is 2. The molecule has 0 saturated carbocycles. The number of hydrogen-bond acceptors (Lipinski definition) is 8. The van der Waals surface area contributed by atoms with Crippen LogP contribution in [-0.2, 0) is 21.2 Å². The van der Waals surface area contributed by atoms with E-state index in [1.165, 1.54) is 7.11 Å². The Bertz CT molecular complexity index is 1900. The summed E-state index contributed by atoms with van der Waals surface area (Å²) in [7, 11) is -2.13. The molecule has 1 saturated heterocycles. The Hall–Kier alpha value is -3.83. The summed E-state index contributed by atoms with van der Waals surface area (Å²) in [5.74, 6) is 0.197. The third kappa shape index (κ3) is 5.82. The fourth-order valence-electron chi connectivity index (χ4n) is 5.73. The molecule has 1 atom stereocenters. The van der Waals surface area contributed by atoms with Crippen molar-refractivity contribution in [2.24, 2.45) is 0 Å². The van der Waals surface area contributed by atoms with Crippen molar-refractivity contribution < 1.29 is 22.7 Å². The predicted molar refractivity (Wildman–Crippen MR) is 169 cm³/mol. The lowest BCUT2D eigenvalue weighted by Crippen LogP contribution is -2.39. The van der Waals surface area contributed by atoms with Crippen LogP contribution in [0.15, 0.2) is 65.7 Å². The number of carbonyl (C=O) groups excluding carboxylic acids is 2. The van der Waals surface area contributed by atoms with Crippen LogP contribution in [0, 0.1) is 0 Å². The summed E-state index contributed by atoms with van der Waals surface area (Å²) < 4.78 is 32.0. The van der Waals surface area contributed by atoms with E-state index in [2.05, 4.69) is 20.2 Å². The zero-order valence-corrected chi connectivity index (χ0v) is 26.0. The third-order valence-corrected chi connectivity index (χ3v) is 10.5. The van der Waals surface area contributed by atoms with Crippen LogP contribution in [0.5, 0.6) is 5.88 Å². The van der Waals surface area contributed by atoms with E-state index >= 15 is 0 Å². The number of methoxy groups -OCH3 is 1. The first-order valence-corrected chi connectivity index (χ1v) is 16.4. The number of ether oxygens (including phenoxy) is 1. The third-order valence-electron chi connectivity index (χ3n) is 7.97. The molecule has 6 rings (SSSR count). The molecule has 1 fully saturated rings. The zero-order chi connectivity index (χ0) is 31.0. The molecular weight excluding hydrogens is 623 g/mol. The Morgan fingerprint density at radius 3 is 2.61 bits per heavy atom. The number of benzene rings is 2. The quantitative estimate of drug-likeness (QED) is 0.262. The number of rotatable bonds is 7. The van der Waals surface area contributed by atoms with Crippen molar-refractivity contribution in [2.75, 3.05) is 26.0 Å². The minimum Gasteiger partial charge on any atom is -0.480 e. The van der Waals surface area contributed by atoms with E-state index < -0.39 is 9.84 Å². The number of fused-ring (bicyclic) bond motifs is 1. The molecule has 2 aliphatic rings. The van der Waals surface area contributed by atoms with Gasteiger partial charge in [-0.15, -0.1) is 0 Å². The second-order valence-electron chi connectivity index (χ2n) is 10.8. The zero-order valence-electron chi connectivity index (χ0n) is 23.7. The first-order chi connectivity index (χ1) is 21.2. The van der Waals surface area contributed by atoms with Crippen molar-refractivity contribution in [1.82, 2.24) is 20.2 Å². The number of aldehydes is 1. The minimum atomic E-state index is -3.58. The Kier molecular flexibility index (Phi) is 8.43. The first-order valence-electron chi connectivity index (χ1n) is 14.0. The molecule has 0 bridgehead atoms. The summed E-state index contributed by atoms with van der Waals surface area (Å²) in [6.45, 7) is 1.43. The van der Waals surface area contributed by atoms with Crippen molar-refractivity contribution in [1.29, 1.82) is 0 Å². The van der Waals surface area contributed by atoms with E-state index in [-0.39, 0.29) is 28.5 Å². The highest BCUT2D eigenvalue weighted by atomic mass is 35.5. The Labute approximate surface area is 265 Å². The molecular formula is C32H28Cl2N4O5S. The summed E-state index contributed by atoms with van der Waals surface area (Å²) in [5.41, 5.74) is 4.40. The second kappa shape index (κ2) is 12.3. The van der Waals surface area contributed by atoms with Crippen molar-refractivity contribution in [3.05, 3.63) is 82.0 Å². The molecule has 226 valence electrons. The van der Waals surface area contributed by atoms with E-state index in [1.807, 2.05) is 30.3 Å². The number of halogens is 2. The van der Waals surface area contributed by atoms with Crippen LogP contribution in [0.2, 0.25) is 10.0 Å². The van der Waals surface area contributed by atoms with Gasteiger partial charge in [0.2, 0.25) is 11.8 Å². The molecule has 4 heterocycles. The van der Waals surface area contributed by atoms with Gasteiger partial charge in [-0.2, -0.15) is 0 Å². The smallest absolute Gasteiger partial charge is 0.224 e. The molecule has 0 radical (unpaired) electrons. The number of aromatic nitrogens is 2. The van der Waals surface area contributed by atoms with Crippen LogP contribution in [0.4, 0.5) is 0 Å². The lowest BCUT2D eigenvalue weighted by Gasteiger charge is -2.23. The maximum Gasteiger partial charge on any atom is 0.224 e. The average molecular weight is 652 g/mol. The van der Waals surface area contributed by atoms with Gasteiger partial charge >= 0.3 is 0 Å². The van der Waals surface area contributed by atoms with Crippen LogP contribution >= 0.6 is 23.2 Å². The molecule has 2 aliphatic heterocycles. The number of sulfone groups is 1. The molecule has 1 N–H and O–H groups in total. The molecule has 0 unspecified atom stereocenters. The van der Waals surface area contributed by atoms with Gasteiger partial charge in [0.15, 0.2) is 16.1 Å². The fourth-order valence-corrected chi connectivity index (χ4v) is 7.93. The molecule has 44 heavy (non-hydrogen) atoms. The van der Waals surface area contributed by atoms with Gasteiger partial charge in [0.05, 0.1) is 44.8 Å². The van der Waals surface area contributed by atoms with Crippen LogP contribution in [-0.4, -0.2) is 67.5 Å². The van der Waals surface area contributed by atoms with E-state index in [1.54, 1.807) is 30.5 Å². The summed E-state index contributed by atoms with van der Waals surface area (Å²) in [4.78, 5) is 34.3. The highest BCUT2D eigenvalue weighted by Gasteiger charge is 2.29. The average Bonchev–Trinajstić information content (AvgIpc) is 3.39. The largest absolute Gasteiger partial charge is 0.480 e. The molecule has 0 spiro atoms. The summed E-state index contributed by atoms with van der Waals surface area (Å²) >= 11 is 13.9. The van der Waals surface area contributed by atoms with E-state index in [9.17, 15) is 18.0 Å². The number of nitrogens with one attached hydrogen (secondary N) is 1. The van der Waals surface area contributed by atoms with Crippen molar-refractivity contribution in [3.63, 3.8) is 0 Å². The lowest BCUT2D eigenvalue weighted by atomic mass is 9.99. The Morgan fingerprint density at radius 1 is 1.07 bits per heavy atom. The summed E-state index contributed by atoms with van der Waals surface area (Å²) in [6, 6.07) is 15.8. The first kappa shape index (κ1) is 30.2. The minimum absolute atomic E-state index is 0.0237. The van der Waals surface area contributed by atoms with Gasteiger partial charge in [-0.3, -0.25) is 19.5 Å². The normalized spacial score (nSPS) is 17.9. The molecule has 2 aromatic carbocycles. The molecule has 0 aliphatic carbocycles. The van der Waals surface area contributed by atoms with Gasteiger partial charge in [-0.25, -0.2) is 13.4 Å². The Balaban J connectivity index is 1.35. The van der Waals surface area contributed by atoms with Crippen molar-refractivity contribution in [2.45, 2.75) is 30.3 Å². The molecule has 4 aromatic rings. The number of nitrogens with zero attached hydrogens (tertiary/aromatic N) is 3. The van der Waals surface area contributed by atoms with Crippen LogP contribution in [0.3, 0.4) is 0 Å². The highest BCUT2D eigenvalue weighted by Crippen LogP contribution is 2.42. The predicted octanol–water partition coefficient (Wildman–Crippen LogP) is 5.47. The fraction of sp³-hybridized carbons (Fsp3) is 0.250. The number of pyridine rings is 2. The van der Waals surface area contributed by atoms with E-state index in [0.29, 0.717) is 87.2 Å². The lowest BCUT2D eigenvalue weighted by molar-refractivity contribution is -0.119. The monoisotopic (exact) mass is 650 g/mol. The van der Waals surface area contributed by atoms with Gasteiger partial charge in [0, 0.05) is 60.5 Å². The topological polar surface area (TPSA) is 119 Å². The van der Waals surface area contributed by atoms with Gasteiger partial charge in [-0.1, -0.05) is 53.5 Å². The van der Waals surface area contributed by atoms with Crippen molar-refractivity contribution in [3.8, 4) is 39.5 Å². The van der Waals surface area contributed by atoms with Crippen LogP contribution < -0.4 is 10.1 Å². The van der Waals surface area contributed by atoms with Gasteiger partial charge in [0.25, 0.3) is 0 Å². The maximum atomic E-state index is 13.4. The van der Waals surface area contributed by atoms with Gasteiger partial charge in [0.1, 0.15) is 0 Å². The number of hydrogen-bond donors (Lipinski definition) is 1. The summed E-state index contributed by atoms with van der Waals surface area (Å²) in [5, 5.41) is 3.67. The van der Waals surface area contributed by atoms with Gasteiger partial charge in [-0.05, 0) is 36.2 Å². The molecule has 2 aromatic heterocycles. The Morgan fingerprint density at radius 2 is 1.86 bits per heavy atom. The van der Waals surface area contributed by atoms with Crippen LogP contribution in [0.25, 0.3) is 33.6 Å². The molecule has 9 nitrogen and oxygen atoms in total. The number of amides is 1. The van der Waals surface area contributed by atoms with E-state index in [4.69, 9.17) is 27.9 Å².